The largest absolute Gasteiger partial charge is 0.355 e. The standard InChI is InChI=1S/C16H23N5/c1-13-4-6-15(7-5-13)11-19-16(17-3)18-8-9-21-12-14(2)10-20-21/h4-7,10,12H,8-9,11H2,1-3H3,(H2,17,18,19). The minimum atomic E-state index is 0.765. The molecule has 1 heterocycles. The normalized spacial score (nSPS) is 11.5. The van der Waals surface area contributed by atoms with Gasteiger partial charge in [0.2, 0.25) is 0 Å². The highest BCUT2D eigenvalue weighted by Gasteiger charge is 1.99. The van der Waals surface area contributed by atoms with Gasteiger partial charge in [-0.1, -0.05) is 29.8 Å². The van der Waals surface area contributed by atoms with Crippen LogP contribution in [0.2, 0.25) is 0 Å². The van der Waals surface area contributed by atoms with E-state index in [0.717, 1.165) is 25.6 Å². The first-order valence-corrected chi connectivity index (χ1v) is 7.16. The molecule has 0 radical (unpaired) electrons. The predicted molar refractivity (Wildman–Crippen MR) is 86.3 cm³/mol. The molecule has 112 valence electrons. The van der Waals surface area contributed by atoms with E-state index in [-0.39, 0.29) is 0 Å². The Kier molecular flexibility index (Phi) is 5.37. The Bertz CT molecular complexity index is 583. The second-order valence-corrected chi connectivity index (χ2v) is 5.12. The van der Waals surface area contributed by atoms with E-state index < -0.39 is 0 Å². The lowest BCUT2D eigenvalue weighted by molar-refractivity contribution is 0.597. The monoisotopic (exact) mass is 285 g/mol. The maximum Gasteiger partial charge on any atom is 0.191 e. The second kappa shape index (κ2) is 7.47. The first-order valence-electron chi connectivity index (χ1n) is 7.16. The van der Waals surface area contributed by atoms with Crippen molar-refractivity contribution in [1.29, 1.82) is 0 Å². The molecule has 0 aliphatic heterocycles. The first kappa shape index (κ1) is 15.1. The third-order valence-electron chi connectivity index (χ3n) is 3.20. The molecule has 21 heavy (non-hydrogen) atoms. The van der Waals surface area contributed by atoms with Gasteiger partial charge in [0.1, 0.15) is 0 Å². The van der Waals surface area contributed by atoms with Gasteiger partial charge in [-0.15, -0.1) is 0 Å². The number of nitrogens with zero attached hydrogens (tertiary/aromatic N) is 3. The number of hydrogen-bond donors (Lipinski definition) is 2. The zero-order valence-electron chi connectivity index (χ0n) is 12.9. The number of rotatable bonds is 5. The average molecular weight is 285 g/mol. The summed E-state index contributed by atoms with van der Waals surface area (Å²) < 4.78 is 1.93. The van der Waals surface area contributed by atoms with E-state index in [9.17, 15) is 0 Å². The van der Waals surface area contributed by atoms with Crippen LogP contribution in [-0.2, 0) is 13.1 Å². The van der Waals surface area contributed by atoms with Gasteiger partial charge in [-0.05, 0) is 25.0 Å². The van der Waals surface area contributed by atoms with Crippen LogP contribution < -0.4 is 10.6 Å². The molecule has 0 atom stereocenters. The number of benzene rings is 1. The van der Waals surface area contributed by atoms with Crippen LogP contribution in [0.15, 0.2) is 41.7 Å². The van der Waals surface area contributed by atoms with Gasteiger partial charge in [-0.3, -0.25) is 9.67 Å². The molecular weight excluding hydrogens is 262 g/mol. The Morgan fingerprint density at radius 3 is 2.52 bits per heavy atom. The summed E-state index contributed by atoms with van der Waals surface area (Å²) >= 11 is 0. The summed E-state index contributed by atoms with van der Waals surface area (Å²) in [6, 6.07) is 8.49. The van der Waals surface area contributed by atoms with E-state index in [2.05, 4.69) is 51.9 Å². The van der Waals surface area contributed by atoms with Crippen LogP contribution in [-0.4, -0.2) is 29.3 Å². The van der Waals surface area contributed by atoms with Gasteiger partial charge in [0.25, 0.3) is 0 Å². The van der Waals surface area contributed by atoms with Gasteiger partial charge in [-0.25, -0.2) is 0 Å². The fourth-order valence-electron chi connectivity index (χ4n) is 1.99. The van der Waals surface area contributed by atoms with E-state index in [4.69, 9.17) is 0 Å². The van der Waals surface area contributed by atoms with Crippen LogP contribution in [0.5, 0.6) is 0 Å². The summed E-state index contributed by atoms with van der Waals surface area (Å²) in [4.78, 5) is 4.22. The average Bonchev–Trinajstić information content (AvgIpc) is 2.90. The lowest BCUT2D eigenvalue weighted by atomic mass is 10.1. The molecule has 0 fully saturated rings. The van der Waals surface area contributed by atoms with E-state index in [1.807, 2.05) is 24.0 Å². The van der Waals surface area contributed by atoms with Crippen molar-refractivity contribution in [3.63, 3.8) is 0 Å². The van der Waals surface area contributed by atoms with E-state index in [1.54, 1.807) is 7.05 Å². The second-order valence-electron chi connectivity index (χ2n) is 5.12. The molecule has 0 saturated carbocycles. The summed E-state index contributed by atoms with van der Waals surface area (Å²) in [7, 11) is 1.78. The third kappa shape index (κ3) is 4.95. The van der Waals surface area contributed by atoms with Gasteiger partial charge in [0, 0.05) is 26.3 Å². The number of guanidine groups is 1. The summed E-state index contributed by atoms with van der Waals surface area (Å²) in [5, 5.41) is 10.8. The molecule has 2 N–H and O–H groups in total. The fraction of sp³-hybridized carbons (Fsp3) is 0.375. The third-order valence-corrected chi connectivity index (χ3v) is 3.20. The number of aryl methyl sites for hydroxylation is 2. The van der Waals surface area contributed by atoms with Crippen LogP contribution in [0, 0.1) is 13.8 Å². The molecular formula is C16H23N5. The molecule has 5 heteroatoms. The smallest absolute Gasteiger partial charge is 0.191 e. The summed E-state index contributed by atoms with van der Waals surface area (Å²) in [6.45, 7) is 6.50. The van der Waals surface area contributed by atoms with Crippen molar-refractivity contribution >= 4 is 5.96 Å². The molecule has 0 saturated heterocycles. The molecule has 2 aromatic rings. The highest BCUT2D eigenvalue weighted by atomic mass is 15.3. The van der Waals surface area contributed by atoms with Gasteiger partial charge in [0.05, 0.1) is 12.7 Å². The molecule has 0 unspecified atom stereocenters. The molecule has 0 spiro atoms. The minimum Gasteiger partial charge on any atom is -0.355 e. The molecule has 0 bridgehead atoms. The number of aliphatic imine (C=N–C) groups is 1. The maximum atomic E-state index is 4.26. The minimum absolute atomic E-state index is 0.765. The predicted octanol–water partition coefficient (Wildman–Crippen LogP) is 1.87. The number of hydrogen-bond acceptors (Lipinski definition) is 2. The lowest BCUT2D eigenvalue weighted by Crippen LogP contribution is -2.38. The van der Waals surface area contributed by atoms with Crippen LogP contribution in [0.1, 0.15) is 16.7 Å². The van der Waals surface area contributed by atoms with Gasteiger partial charge in [0.15, 0.2) is 5.96 Å². The van der Waals surface area contributed by atoms with Crippen molar-refractivity contribution in [1.82, 2.24) is 20.4 Å². The fourth-order valence-corrected chi connectivity index (χ4v) is 1.99. The lowest BCUT2D eigenvalue weighted by Gasteiger charge is -2.12. The Hall–Kier alpha value is -2.30. The van der Waals surface area contributed by atoms with Crippen LogP contribution in [0.4, 0.5) is 0 Å². The molecule has 0 aliphatic carbocycles. The summed E-state index contributed by atoms with van der Waals surface area (Å²) in [5.41, 5.74) is 3.69. The van der Waals surface area contributed by atoms with Crippen LogP contribution >= 0.6 is 0 Å². The van der Waals surface area contributed by atoms with Crippen molar-refractivity contribution in [2.45, 2.75) is 26.9 Å². The Morgan fingerprint density at radius 1 is 1.14 bits per heavy atom. The molecule has 5 nitrogen and oxygen atoms in total. The van der Waals surface area contributed by atoms with E-state index in [1.165, 1.54) is 16.7 Å². The van der Waals surface area contributed by atoms with Crippen molar-refractivity contribution in [3.8, 4) is 0 Å². The topological polar surface area (TPSA) is 54.2 Å². The number of nitrogens with one attached hydrogen (secondary N) is 2. The zero-order valence-corrected chi connectivity index (χ0v) is 12.9. The summed E-state index contributed by atoms with van der Waals surface area (Å²) in [6.07, 6.45) is 3.90. The maximum absolute atomic E-state index is 4.26. The van der Waals surface area contributed by atoms with Crippen molar-refractivity contribution in [2.24, 2.45) is 4.99 Å². The Balaban J connectivity index is 1.74. The SMILES string of the molecule is CN=C(NCCn1cc(C)cn1)NCc1ccc(C)cc1. The summed E-state index contributed by atoms with van der Waals surface area (Å²) in [5.74, 6) is 0.805. The highest BCUT2D eigenvalue weighted by molar-refractivity contribution is 5.79. The quantitative estimate of drug-likeness (QED) is 0.651. The van der Waals surface area contributed by atoms with Gasteiger partial charge in [-0.2, -0.15) is 5.10 Å². The van der Waals surface area contributed by atoms with Crippen molar-refractivity contribution in [3.05, 3.63) is 53.3 Å². The Morgan fingerprint density at radius 2 is 1.90 bits per heavy atom. The molecule has 2 rings (SSSR count). The van der Waals surface area contributed by atoms with Gasteiger partial charge >= 0.3 is 0 Å². The van der Waals surface area contributed by atoms with Crippen LogP contribution in [0.25, 0.3) is 0 Å². The molecule has 0 aliphatic rings. The van der Waals surface area contributed by atoms with Crippen molar-refractivity contribution < 1.29 is 0 Å². The first-order chi connectivity index (χ1) is 10.2. The zero-order chi connectivity index (χ0) is 15.1. The highest BCUT2D eigenvalue weighted by Crippen LogP contribution is 2.02. The van der Waals surface area contributed by atoms with Crippen molar-refractivity contribution in [2.75, 3.05) is 13.6 Å². The van der Waals surface area contributed by atoms with E-state index >= 15 is 0 Å². The van der Waals surface area contributed by atoms with E-state index in [0.29, 0.717) is 0 Å². The molecule has 1 aromatic carbocycles. The van der Waals surface area contributed by atoms with Crippen LogP contribution in [0.3, 0.4) is 0 Å². The number of aromatic nitrogens is 2. The molecule has 1 aromatic heterocycles. The molecule has 0 amide bonds. The van der Waals surface area contributed by atoms with Gasteiger partial charge < -0.3 is 10.6 Å². The Labute approximate surface area is 126 Å².